The van der Waals surface area contributed by atoms with Gasteiger partial charge in [0.1, 0.15) is 16.0 Å². The highest BCUT2D eigenvalue weighted by Crippen LogP contribution is 2.23. The lowest BCUT2D eigenvalue weighted by Crippen LogP contribution is -2.10. The van der Waals surface area contributed by atoms with E-state index in [0.29, 0.717) is 22.5 Å². The number of hydrogen-bond donors (Lipinski definition) is 1. The second-order valence-corrected chi connectivity index (χ2v) is 6.06. The Kier molecular flexibility index (Phi) is 5.85. The fourth-order valence-corrected chi connectivity index (χ4v) is 2.62. The van der Waals surface area contributed by atoms with Gasteiger partial charge in [-0.15, -0.1) is 0 Å². The van der Waals surface area contributed by atoms with E-state index in [9.17, 15) is 4.39 Å². The summed E-state index contributed by atoms with van der Waals surface area (Å²) in [4.78, 5) is 12.1. The van der Waals surface area contributed by atoms with Crippen LogP contribution in [0, 0.1) is 5.95 Å². The molecule has 132 valence electrons. The van der Waals surface area contributed by atoms with E-state index >= 15 is 0 Å². The molecule has 8 heteroatoms. The molecule has 0 aliphatic heterocycles. The molecule has 3 heterocycles. The molecule has 0 atom stereocenters. The Morgan fingerprint density at radius 2 is 2.08 bits per heavy atom. The average Bonchev–Trinajstić information content (AvgIpc) is 2.66. The normalized spacial score (nSPS) is 11.3. The van der Waals surface area contributed by atoms with Crippen LogP contribution in [-0.4, -0.2) is 27.8 Å². The summed E-state index contributed by atoms with van der Waals surface area (Å²) in [5.74, 6) is -0.308. The third-order valence-electron chi connectivity index (χ3n) is 3.50. The number of hydrazone groups is 1. The van der Waals surface area contributed by atoms with Crippen LogP contribution in [0.15, 0.2) is 64.7 Å². The predicted molar refractivity (Wildman–Crippen MR) is 101 cm³/mol. The summed E-state index contributed by atoms with van der Waals surface area (Å²) in [7, 11) is 1.46. The number of aromatic nitrogens is 3. The number of nitrogens with zero attached hydrogens (tertiary/aromatic N) is 4. The van der Waals surface area contributed by atoms with Crippen molar-refractivity contribution in [1.29, 1.82) is 0 Å². The summed E-state index contributed by atoms with van der Waals surface area (Å²) >= 11 is 3.37. The van der Waals surface area contributed by atoms with Crippen LogP contribution in [0.2, 0.25) is 0 Å². The molecule has 6 nitrogen and oxygen atoms in total. The highest BCUT2D eigenvalue weighted by Gasteiger charge is 2.10. The number of pyridine rings is 3. The number of rotatable bonds is 6. The maximum Gasteiger partial charge on any atom is 0.216 e. The fraction of sp³-hybridized carbons (Fsp3) is 0.111. The van der Waals surface area contributed by atoms with Gasteiger partial charge in [-0.2, -0.15) is 9.49 Å². The van der Waals surface area contributed by atoms with Crippen LogP contribution in [0.25, 0.3) is 0 Å². The van der Waals surface area contributed by atoms with Crippen molar-refractivity contribution >= 4 is 27.3 Å². The molecular weight excluding hydrogens is 401 g/mol. The minimum Gasteiger partial charge on any atom is -0.494 e. The fourth-order valence-electron chi connectivity index (χ4n) is 2.26. The summed E-state index contributed by atoms with van der Waals surface area (Å²) in [6.45, 7) is 0. The lowest BCUT2D eigenvalue weighted by molar-refractivity contribution is 0.411. The SMILES string of the molecule is COc1cc(F)ncc1N/N=C(/Cc1ccccn1)c1ccnc(Br)c1. The zero-order valence-corrected chi connectivity index (χ0v) is 15.4. The van der Waals surface area contributed by atoms with Gasteiger partial charge in [0.05, 0.1) is 19.0 Å². The van der Waals surface area contributed by atoms with E-state index in [1.807, 2.05) is 30.3 Å². The van der Waals surface area contributed by atoms with Crippen LogP contribution in [0.3, 0.4) is 0 Å². The standard InChI is InChI=1S/C18H15BrFN5O/c1-26-16-10-18(20)23-11-15(16)25-24-14(9-13-4-2-3-6-21-13)12-5-7-22-17(19)8-12/h2-8,10-11,25H,9H2,1H3/b24-14-. The highest BCUT2D eigenvalue weighted by atomic mass is 79.9. The van der Waals surface area contributed by atoms with Crippen molar-refractivity contribution in [2.75, 3.05) is 12.5 Å². The second-order valence-electron chi connectivity index (χ2n) is 5.24. The Balaban J connectivity index is 1.93. The Morgan fingerprint density at radius 3 is 2.81 bits per heavy atom. The van der Waals surface area contributed by atoms with E-state index in [-0.39, 0.29) is 0 Å². The van der Waals surface area contributed by atoms with Gasteiger partial charge in [-0.05, 0) is 40.2 Å². The molecule has 26 heavy (non-hydrogen) atoms. The predicted octanol–water partition coefficient (Wildman–Crippen LogP) is 3.84. The van der Waals surface area contributed by atoms with Crippen molar-refractivity contribution in [2.45, 2.75) is 6.42 Å². The van der Waals surface area contributed by atoms with Crippen LogP contribution >= 0.6 is 15.9 Å². The molecular formula is C18H15BrFN5O. The summed E-state index contributed by atoms with van der Waals surface area (Å²) in [5.41, 5.74) is 5.83. The monoisotopic (exact) mass is 415 g/mol. The lowest BCUT2D eigenvalue weighted by Gasteiger charge is -2.10. The van der Waals surface area contributed by atoms with Gasteiger partial charge in [0.25, 0.3) is 0 Å². The first-order chi connectivity index (χ1) is 12.7. The van der Waals surface area contributed by atoms with Crippen LogP contribution in [0.5, 0.6) is 5.75 Å². The molecule has 0 aromatic carbocycles. The maximum absolute atomic E-state index is 13.3. The molecule has 0 bridgehead atoms. The molecule has 0 saturated heterocycles. The molecule has 3 aromatic heterocycles. The van der Waals surface area contributed by atoms with Gasteiger partial charge in [0, 0.05) is 36.1 Å². The number of nitrogens with one attached hydrogen (secondary N) is 1. The Labute approximate surface area is 158 Å². The van der Waals surface area contributed by atoms with Crippen molar-refractivity contribution < 1.29 is 9.13 Å². The number of halogens is 2. The van der Waals surface area contributed by atoms with Gasteiger partial charge >= 0.3 is 0 Å². The van der Waals surface area contributed by atoms with Crippen molar-refractivity contribution in [3.8, 4) is 5.75 Å². The van der Waals surface area contributed by atoms with Gasteiger partial charge in [-0.3, -0.25) is 10.4 Å². The molecule has 0 aliphatic rings. The summed E-state index contributed by atoms with van der Waals surface area (Å²) < 4.78 is 19.1. The minimum atomic E-state index is -0.622. The molecule has 0 unspecified atom stereocenters. The molecule has 0 fully saturated rings. The Hall–Kier alpha value is -2.87. The average molecular weight is 416 g/mol. The lowest BCUT2D eigenvalue weighted by atomic mass is 10.1. The van der Waals surface area contributed by atoms with Crippen LogP contribution in [-0.2, 0) is 6.42 Å². The molecule has 0 radical (unpaired) electrons. The highest BCUT2D eigenvalue weighted by molar-refractivity contribution is 9.10. The van der Waals surface area contributed by atoms with E-state index in [1.54, 1.807) is 12.4 Å². The molecule has 0 amide bonds. The van der Waals surface area contributed by atoms with Crippen LogP contribution in [0.1, 0.15) is 11.3 Å². The molecule has 3 rings (SSSR count). The first-order valence-electron chi connectivity index (χ1n) is 7.69. The van der Waals surface area contributed by atoms with E-state index < -0.39 is 5.95 Å². The van der Waals surface area contributed by atoms with Crippen molar-refractivity contribution in [2.24, 2.45) is 5.10 Å². The third kappa shape index (κ3) is 4.60. The number of hydrogen-bond acceptors (Lipinski definition) is 6. The van der Waals surface area contributed by atoms with Gasteiger partial charge in [0.15, 0.2) is 0 Å². The van der Waals surface area contributed by atoms with Crippen molar-refractivity contribution in [3.05, 3.63) is 76.8 Å². The van der Waals surface area contributed by atoms with Gasteiger partial charge in [-0.25, -0.2) is 9.97 Å². The maximum atomic E-state index is 13.3. The second kappa shape index (κ2) is 8.48. The number of methoxy groups -OCH3 is 1. The zero-order valence-electron chi connectivity index (χ0n) is 13.9. The molecule has 0 aliphatic carbocycles. The van der Waals surface area contributed by atoms with E-state index in [1.165, 1.54) is 19.4 Å². The first-order valence-corrected chi connectivity index (χ1v) is 8.49. The van der Waals surface area contributed by atoms with E-state index in [0.717, 1.165) is 17.0 Å². The van der Waals surface area contributed by atoms with Crippen LogP contribution in [0.4, 0.5) is 10.1 Å². The summed E-state index contributed by atoms with van der Waals surface area (Å²) in [6.07, 6.45) is 5.25. The largest absolute Gasteiger partial charge is 0.494 e. The third-order valence-corrected chi connectivity index (χ3v) is 3.93. The molecule has 3 aromatic rings. The van der Waals surface area contributed by atoms with Gasteiger partial charge in [0.2, 0.25) is 5.95 Å². The Morgan fingerprint density at radius 1 is 1.19 bits per heavy atom. The number of anilines is 1. The van der Waals surface area contributed by atoms with Crippen molar-refractivity contribution in [3.63, 3.8) is 0 Å². The molecule has 1 N–H and O–H groups in total. The summed E-state index contributed by atoms with van der Waals surface area (Å²) in [6, 6.07) is 10.6. The van der Waals surface area contributed by atoms with E-state index in [2.05, 4.69) is 41.4 Å². The van der Waals surface area contributed by atoms with Crippen molar-refractivity contribution in [1.82, 2.24) is 15.0 Å². The first kappa shape index (κ1) is 17.9. The topological polar surface area (TPSA) is 72.3 Å². The summed E-state index contributed by atoms with van der Waals surface area (Å²) in [5, 5.41) is 4.47. The molecule has 0 saturated carbocycles. The van der Waals surface area contributed by atoms with Gasteiger partial charge in [-0.1, -0.05) is 6.07 Å². The van der Waals surface area contributed by atoms with Gasteiger partial charge < -0.3 is 4.74 Å². The van der Waals surface area contributed by atoms with E-state index in [4.69, 9.17) is 4.74 Å². The Bertz CT molecular complexity index is 920. The number of ether oxygens (including phenoxy) is 1. The quantitative estimate of drug-likeness (QED) is 0.376. The van der Waals surface area contributed by atoms with Crippen LogP contribution < -0.4 is 10.2 Å². The molecule has 0 spiro atoms. The minimum absolute atomic E-state index is 0.314. The zero-order chi connectivity index (χ0) is 18.4. The smallest absolute Gasteiger partial charge is 0.216 e.